The van der Waals surface area contributed by atoms with E-state index in [1.54, 1.807) is 32.0 Å². The van der Waals surface area contributed by atoms with E-state index in [1.165, 1.54) is 26.2 Å². The minimum Gasteiger partial charge on any atom is -0.384 e. The second-order valence-corrected chi connectivity index (χ2v) is 8.55. The Balaban J connectivity index is 2.25. The topological polar surface area (TPSA) is 91.8 Å². The molecular formula is C23H26ClF3N4O3. The number of amides is 2. The van der Waals surface area contributed by atoms with Crippen molar-refractivity contribution in [2.24, 2.45) is 10.5 Å². The molecule has 0 fully saturated rings. The number of alkyl halides is 3. The molecule has 0 unspecified atom stereocenters. The van der Waals surface area contributed by atoms with Crippen LogP contribution >= 0.6 is 11.6 Å². The van der Waals surface area contributed by atoms with Gasteiger partial charge in [0.2, 0.25) is 11.8 Å². The van der Waals surface area contributed by atoms with Crippen molar-refractivity contribution in [3.05, 3.63) is 64.2 Å². The first-order valence-electron chi connectivity index (χ1n) is 10.2. The van der Waals surface area contributed by atoms with E-state index in [4.69, 9.17) is 16.3 Å². The molecule has 0 bridgehead atoms. The van der Waals surface area contributed by atoms with Gasteiger partial charge in [0.15, 0.2) is 5.84 Å². The number of hydrazone groups is 1. The molecule has 3 N–H and O–H groups in total. The van der Waals surface area contributed by atoms with E-state index in [-0.39, 0.29) is 35.6 Å². The molecule has 2 aromatic carbocycles. The fourth-order valence-corrected chi connectivity index (χ4v) is 3.10. The molecule has 2 aromatic rings. The van der Waals surface area contributed by atoms with Gasteiger partial charge in [-0.2, -0.15) is 18.3 Å². The zero-order valence-corrected chi connectivity index (χ0v) is 19.9. The molecule has 0 aromatic heterocycles. The normalized spacial score (nSPS) is 12.3. The Morgan fingerprint density at radius 3 is 2.29 bits per heavy atom. The van der Waals surface area contributed by atoms with E-state index in [1.807, 2.05) is 0 Å². The van der Waals surface area contributed by atoms with Gasteiger partial charge in [0, 0.05) is 26.1 Å². The van der Waals surface area contributed by atoms with E-state index in [9.17, 15) is 22.8 Å². The molecule has 34 heavy (non-hydrogen) atoms. The van der Waals surface area contributed by atoms with Gasteiger partial charge in [-0.1, -0.05) is 17.7 Å². The first kappa shape index (κ1) is 27.1. The predicted molar refractivity (Wildman–Crippen MR) is 124 cm³/mol. The lowest BCUT2D eigenvalue weighted by Gasteiger charge is -2.22. The van der Waals surface area contributed by atoms with Gasteiger partial charge in [0.05, 0.1) is 28.3 Å². The van der Waals surface area contributed by atoms with Crippen LogP contribution in [0.1, 0.15) is 37.5 Å². The number of benzene rings is 2. The molecule has 0 heterocycles. The minimum atomic E-state index is -4.45. The molecule has 0 saturated carbocycles. The van der Waals surface area contributed by atoms with E-state index < -0.39 is 23.1 Å². The second kappa shape index (κ2) is 11.3. The highest BCUT2D eigenvalue weighted by atomic mass is 35.5. The maximum absolute atomic E-state index is 12.8. The van der Waals surface area contributed by atoms with Gasteiger partial charge < -0.3 is 15.4 Å². The number of halogens is 4. The summed E-state index contributed by atoms with van der Waals surface area (Å²) in [6, 6.07) is 9.21. The van der Waals surface area contributed by atoms with Crippen molar-refractivity contribution in [1.29, 1.82) is 0 Å². The molecule has 0 aliphatic rings. The van der Waals surface area contributed by atoms with Crippen molar-refractivity contribution < 1.29 is 27.5 Å². The Labute approximate surface area is 200 Å². The van der Waals surface area contributed by atoms with Gasteiger partial charge in [0.25, 0.3) is 0 Å². The SMILES string of the molecule is COCC(C)(C)C(=O)NCc1ccc(Cl)c(/C(=N/Nc2ccc(C(F)(F)F)cc2)NC(C)=O)c1. The van der Waals surface area contributed by atoms with Crippen LogP contribution in [0.4, 0.5) is 18.9 Å². The Bertz CT molecular complexity index is 1050. The lowest BCUT2D eigenvalue weighted by atomic mass is 9.93. The molecule has 0 aliphatic heterocycles. The fraction of sp³-hybridized carbons (Fsp3) is 0.348. The summed E-state index contributed by atoms with van der Waals surface area (Å²) in [6.45, 7) is 5.24. The van der Waals surface area contributed by atoms with Crippen LogP contribution in [0, 0.1) is 5.41 Å². The van der Waals surface area contributed by atoms with Gasteiger partial charge in [-0.25, -0.2) is 0 Å². The number of methoxy groups -OCH3 is 1. The zero-order valence-electron chi connectivity index (χ0n) is 19.1. The minimum absolute atomic E-state index is 0.0605. The monoisotopic (exact) mass is 498 g/mol. The third-order valence-electron chi connectivity index (χ3n) is 4.66. The van der Waals surface area contributed by atoms with E-state index in [0.717, 1.165) is 12.1 Å². The summed E-state index contributed by atoms with van der Waals surface area (Å²) in [6.07, 6.45) is -4.45. The van der Waals surface area contributed by atoms with Crippen molar-refractivity contribution in [3.63, 3.8) is 0 Å². The van der Waals surface area contributed by atoms with E-state index >= 15 is 0 Å². The molecule has 0 aliphatic carbocycles. The number of ether oxygens (including phenoxy) is 1. The largest absolute Gasteiger partial charge is 0.416 e. The number of rotatable bonds is 8. The summed E-state index contributed by atoms with van der Waals surface area (Å²) in [5.74, 6) is -0.570. The summed E-state index contributed by atoms with van der Waals surface area (Å²) in [5, 5.41) is 9.78. The Hall–Kier alpha value is -3.11. The highest BCUT2D eigenvalue weighted by molar-refractivity contribution is 6.34. The number of hydrogen-bond donors (Lipinski definition) is 3. The molecule has 0 saturated heterocycles. The molecule has 7 nitrogen and oxygen atoms in total. The van der Waals surface area contributed by atoms with Crippen molar-refractivity contribution in [2.75, 3.05) is 19.1 Å². The van der Waals surface area contributed by atoms with Crippen LogP contribution in [0.3, 0.4) is 0 Å². The summed E-state index contributed by atoms with van der Waals surface area (Å²) < 4.78 is 43.3. The number of amidine groups is 1. The molecule has 2 amide bonds. The Kier molecular flexibility index (Phi) is 9.06. The lowest BCUT2D eigenvalue weighted by molar-refractivity contribution is -0.137. The third kappa shape index (κ3) is 7.74. The van der Waals surface area contributed by atoms with Gasteiger partial charge >= 0.3 is 6.18 Å². The highest BCUT2D eigenvalue weighted by Gasteiger charge is 2.30. The predicted octanol–water partition coefficient (Wildman–Crippen LogP) is 4.56. The number of anilines is 1. The zero-order chi connectivity index (χ0) is 25.5. The van der Waals surface area contributed by atoms with Crippen LogP contribution in [0.15, 0.2) is 47.6 Å². The maximum atomic E-state index is 12.8. The highest BCUT2D eigenvalue weighted by Crippen LogP contribution is 2.30. The molecule has 0 atom stereocenters. The number of nitrogens with zero attached hydrogens (tertiary/aromatic N) is 1. The van der Waals surface area contributed by atoms with Crippen LogP contribution in [0.25, 0.3) is 0 Å². The number of carbonyl (C=O) groups excluding carboxylic acids is 2. The average molecular weight is 499 g/mol. The van der Waals surface area contributed by atoms with Crippen LogP contribution < -0.4 is 16.1 Å². The van der Waals surface area contributed by atoms with Crippen LogP contribution in [-0.2, 0) is 27.0 Å². The molecule has 11 heteroatoms. The molecular weight excluding hydrogens is 473 g/mol. The smallest absolute Gasteiger partial charge is 0.384 e. The standard InChI is InChI=1S/C23H26ClF3N4O3/c1-14(32)29-20(31-30-17-8-6-16(7-9-17)23(25,26)27)18-11-15(5-10-19(18)24)12-28-21(33)22(2,3)13-34-4/h5-11,30H,12-13H2,1-4H3,(H,28,33)(H,29,31,32). The molecule has 184 valence electrons. The van der Waals surface area contributed by atoms with Crippen molar-refractivity contribution >= 4 is 34.9 Å². The van der Waals surface area contributed by atoms with Crippen molar-refractivity contribution in [3.8, 4) is 0 Å². The van der Waals surface area contributed by atoms with Crippen LogP contribution in [0.2, 0.25) is 5.02 Å². The average Bonchev–Trinajstić information content (AvgIpc) is 2.75. The second-order valence-electron chi connectivity index (χ2n) is 8.14. The maximum Gasteiger partial charge on any atom is 0.416 e. The fourth-order valence-electron chi connectivity index (χ4n) is 2.89. The number of hydrogen-bond acceptors (Lipinski definition) is 5. The molecule has 0 spiro atoms. The van der Waals surface area contributed by atoms with Gasteiger partial charge in [-0.05, 0) is 55.8 Å². The van der Waals surface area contributed by atoms with Gasteiger partial charge in [0.1, 0.15) is 0 Å². The van der Waals surface area contributed by atoms with E-state index in [2.05, 4.69) is 21.2 Å². The number of carbonyl (C=O) groups is 2. The van der Waals surface area contributed by atoms with Crippen molar-refractivity contribution in [2.45, 2.75) is 33.5 Å². The summed E-state index contributed by atoms with van der Waals surface area (Å²) in [4.78, 5) is 24.1. The summed E-state index contributed by atoms with van der Waals surface area (Å²) in [5.41, 5.74) is 2.42. The lowest BCUT2D eigenvalue weighted by Crippen LogP contribution is -2.39. The first-order valence-corrected chi connectivity index (χ1v) is 10.6. The van der Waals surface area contributed by atoms with Gasteiger partial charge in [-0.15, -0.1) is 0 Å². The first-order chi connectivity index (χ1) is 15.8. The van der Waals surface area contributed by atoms with Crippen molar-refractivity contribution in [1.82, 2.24) is 10.6 Å². The molecule has 0 radical (unpaired) electrons. The molecule has 2 rings (SSSR count). The Morgan fingerprint density at radius 1 is 1.09 bits per heavy atom. The quantitative estimate of drug-likeness (QED) is 0.283. The summed E-state index contributed by atoms with van der Waals surface area (Å²) >= 11 is 6.31. The third-order valence-corrected chi connectivity index (χ3v) is 4.99. The van der Waals surface area contributed by atoms with E-state index in [0.29, 0.717) is 11.1 Å². The van der Waals surface area contributed by atoms with Crippen LogP contribution in [-0.4, -0.2) is 31.4 Å². The Morgan fingerprint density at radius 2 is 1.74 bits per heavy atom. The van der Waals surface area contributed by atoms with Gasteiger partial charge in [-0.3, -0.25) is 15.0 Å². The number of nitrogens with one attached hydrogen (secondary N) is 3. The summed E-state index contributed by atoms with van der Waals surface area (Å²) in [7, 11) is 1.52. The van der Waals surface area contributed by atoms with Crippen LogP contribution in [0.5, 0.6) is 0 Å².